The largest absolute Gasteiger partial charge is 0.478 e. The maximum absolute atomic E-state index is 14.3. The summed E-state index contributed by atoms with van der Waals surface area (Å²) in [6, 6.07) is 19.0. The fraction of sp³-hybridized carbons (Fsp3) is 0.182. The molecular weight excluding hydrogens is 561 g/mol. The summed E-state index contributed by atoms with van der Waals surface area (Å²) in [5, 5.41) is 14.8. The van der Waals surface area contributed by atoms with Crippen molar-refractivity contribution >= 4 is 23.5 Å². The van der Waals surface area contributed by atoms with E-state index in [2.05, 4.69) is 10.6 Å². The topological polar surface area (TPSA) is 105 Å². The number of carboxylic acid groups (broad SMARTS) is 1. The van der Waals surface area contributed by atoms with Gasteiger partial charge in [-0.2, -0.15) is 13.2 Å². The molecule has 4 aromatic carbocycles. The van der Waals surface area contributed by atoms with Gasteiger partial charge in [0.25, 0.3) is 11.8 Å². The predicted molar refractivity (Wildman–Crippen MR) is 156 cm³/mol. The average molecular weight is 591 g/mol. The Bertz CT molecular complexity index is 1720. The highest BCUT2D eigenvalue weighted by atomic mass is 19.4. The number of alkyl halides is 3. The zero-order chi connectivity index (χ0) is 31.5. The van der Waals surface area contributed by atoms with E-state index in [9.17, 15) is 32.7 Å². The first-order valence-corrected chi connectivity index (χ1v) is 13.2. The Morgan fingerprint density at radius 3 is 2.02 bits per heavy atom. The molecule has 2 amide bonds. The van der Waals surface area contributed by atoms with Crippen LogP contribution in [0.2, 0.25) is 0 Å². The van der Waals surface area contributed by atoms with Gasteiger partial charge < -0.3 is 20.5 Å². The SMILES string of the molecule is CNC(=O)c1cccc(Oc2ccc(C(=O)O)c(C(=O)Nc3ccc(C(c4ccc(C)cc4C)C(F)(F)F)c(C)c3)c2)c1. The Kier molecular flexibility index (Phi) is 8.89. The van der Waals surface area contributed by atoms with Crippen molar-refractivity contribution in [3.8, 4) is 11.5 Å². The van der Waals surface area contributed by atoms with Crippen molar-refractivity contribution in [1.29, 1.82) is 0 Å². The standard InChI is InChI=1S/C33H29F3N2O5/c1-18-8-11-25(19(2)14-18)29(33(34,35)36)26-12-9-22(15-20(26)3)38-31(40)28-17-24(10-13-27(28)32(41)42)43-23-7-5-6-21(16-23)30(39)37-4/h5-17,29H,1-4H3,(H,37,39)(H,38,40)(H,41,42). The molecule has 4 rings (SSSR count). The molecule has 0 radical (unpaired) electrons. The molecule has 1 unspecified atom stereocenters. The van der Waals surface area contributed by atoms with Crippen LogP contribution in [0, 0.1) is 20.8 Å². The number of amides is 2. The zero-order valence-corrected chi connectivity index (χ0v) is 23.8. The van der Waals surface area contributed by atoms with Crippen molar-refractivity contribution < 1.29 is 37.4 Å². The second-order valence-corrected chi connectivity index (χ2v) is 10.1. The summed E-state index contributed by atoms with van der Waals surface area (Å²) in [5.41, 5.74) is 1.85. The van der Waals surface area contributed by atoms with Gasteiger partial charge in [-0.1, -0.05) is 35.9 Å². The molecule has 0 aliphatic carbocycles. The number of halogens is 3. The molecule has 0 heterocycles. The number of aryl methyl sites for hydroxylation is 3. The van der Waals surface area contributed by atoms with Gasteiger partial charge in [0.1, 0.15) is 17.4 Å². The van der Waals surface area contributed by atoms with E-state index < -0.39 is 24.0 Å². The van der Waals surface area contributed by atoms with Crippen LogP contribution in [-0.2, 0) is 0 Å². The van der Waals surface area contributed by atoms with Gasteiger partial charge in [0.2, 0.25) is 0 Å². The van der Waals surface area contributed by atoms with Gasteiger partial charge in [0.05, 0.1) is 11.1 Å². The molecule has 10 heteroatoms. The van der Waals surface area contributed by atoms with E-state index in [1.807, 2.05) is 6.92 Å². The summed E-state index contributed by atoms with van der Waals surface area (Å²) < 4.78 is 48.7. The van der Waals surface area contributed by atoms with Crippen LogP contribution in [0.3, 0.4) is 0 Å². The molecule has 0 aliphatic heterocycles. The van der Waals surface area contributed by atoms with Gasteiger partial charge in [-0.25, -0.2) is 4.79 Å². The van der Waals surface area contributed by atoms with E-state index in [4.69, 9.17) is 4.74 Å². The monoisotopic (exact) mass is 590 g/mol. The molecule has 4 aromatic rings. The maximum Gasteiger partial charge on any atom is 0.399 e. The minimum absolute atomic E-state index is 0.0399. The summed E-state index contributed by atoms with van der Waals surface area (Å²) >= 11 is 0. The van der Waals surface area contributed by atoms with Crippen molar-refractivity contribution in [3.63, 3.8) is 0 Å². The smallest absolute Gasteiger partial charge is 0.399 e. The molecule has 0 aromatic heterocycles. The number of nitrogens with one attached hydrogen (secondary N) is 2. The van der Waals surface area contributed by atoms with Crippen LogP contribution >= 0.6 is 0 Å². The van der Waals surface area contributed by atoms with Gasteiger partial charge in [-0.15, -0.1) is 0 Å². The molecule has 0 saturated heterocycles. The molecule has 0 aliphatic rings. The predicted octanol–water partition coefficient (Wildman–Crippen LogP) is 7.41. The van der Waals surface area contributed by atoms with Crippen LogP contribution in [0.4, 0.5) is 18.9 Å². The third kappa shape index (κ3) is 7.03. The van der Waals surface area contributed by atoms with Crippen molar-refractivity contribution in [2.75, 3.05) is 12.4 Å². The highest BCUT2D eigenvalue weighted by Crippen LogP contribution is 2.43. The lowest BCUT2D eigenvalue weighted by Gasteiger charge is -2.25. The second-order valence-electron chi connectivity index (χ2n) is 10.1. The van der Waals surface area contributed by atoms with Crippen LogP contribution in [0.15, 0.2) is 78.9 Å². The van der Waals surface area contributed by atoms with Crippen LogP contribution < -0.4 is 15.4 Å². The Morgan fingerprint density at radius 2 is 1.42 bits per heavy atom. The summed E-state index contributed by atoms with van der Waals surface area (Å²) in [5.74, 6) is -3.93. The van der Waals surface area contributed by atoms with Crippen LogP contribution in [-0.4, -0.2) is 36.1 Å². The van der Waals surface area contributed by atoms with Gasteiger partial charge in [-0.3, -0.25) is 9.59 Å². The Hall–Kier alpha value is -5.12. The van der Waals surface area contributed by atoms with Gasteiger partial charge in [0.15, 0.2) is 0 Å². The molecule has 1 atom stereocenters. The fourth-order valence-electron chi connectivity index (χ4n) is 4.89. The highest BCUT2D eigenvalue weighted by Gasteiger charge is 2.43. The minimum atomic E-state index is -4.56. The number of hydrogen-bond acceptors (Lipinski definition) is 4. The summed E-state index contributed by atoms with van der Waals surface area (Å²) in [4.78, 5) is 37.1. The number of carboxylic acids is 1. The van der Waals surface area contributed by atoms with Crippen LogP contribution in [0.25, 0.3) is 0 Å². The molecule has 0 saturated carbocycles. The van der Waals surface area contributed by atoms with Crippen molar-refractivity contribution in [2.24, 2.45) is 0 Å². The number of carbonyl (C=O) groups is 3. The molecular formula is C33H29F3N2O5. The number of benzene rings is 4. The first-order chi connectivity index (χ1) is 20.3. The van der Waals surface area contributed by atoms with E-state index in [1.165, 1.54) is 62.5 Å². The van der Waals surface area contributed by atoms with Crippen molar-refractivity contribution in [2.45, 2.75) is 32.9 Å². The molecule has 0 bridgehead atoms. The third-order valence-corrected chi connectivity index (χ3v) is 6.93. The molecule has 43 heavy (non-hydrogen) atoms. The number of rotatable bonds is 8. The van der Waals surface area contributed by atoms with E-state index in [0.717, 1.165) is 5.56 Å². The Labute approximate surface area is 246 Å². The normalized spacial score (nSPS) is 11.9. The number of hydrogen-bond donors (Lipinski definition) is 3. The highest BCUT2D eigenvalue weighted by molar-refractivity contribution is 6.11. The summed E-state index contributed by atoms with van der Waals surface area (Å²) in [7, 11) is 1.49. The summed E-state index contributed by atoms with van der Waals surface area (Å²) in [6.07, 6.45) is -4.56. The Balaban J connectivity index is 1.63. The van der Waals surface area contributed by atoms with Crippen molar-refractivity contribution in [3.05, 3.63) is 123 Å². The quantitative estimate of drug-likeness (QED) is 0.198. The average Bonchev–Trinajstić information content (AvgIpc) is 2.94. The van der Waals surface area contributed by atoms with Crippen LogP contribution in [0.1, 0.15) is 64.8 Å². The van der Waals surface area contributed by atoms with Gasteiger partial charge in [-0.05, 0) is 91.6 Å². The van der Waals surface area contributed by atoms with E-state index >= 15 is 0 Å². The van der Waals surface area contributed by atoms with E-state index in [-0.39, 0.29) is 45.3 Å². The molecule has 0 fully saturated rings. The lowest BCUT2D eigenvalue weighted by Crippen LogP contribution is -2.24. The zero-order valence-electron chi connectivity index (χ0n) is 23.8. The van der Waals surface area contributed by atoms with Gasteiger partial charge >= 0.3 is 12.1 Å². The lowest BCUT2D eigenvalue weighted by molar-refractivity contribution is -0.141. The molecule has 3 N–H and O–H groups in total. The maximum atomic E-state index is 14.3. The first kappa shape index (κ1) is 30.8. The number of ether oxygens (including phenoxy) is 1. The number of carbonyl (C=O) groups excluding carboxylic acids is 2. The first-order valence-electron chi connectivity index (χ1n) is 13.2. The molecule has 222 valence electrons. The Morgan fingerprint density at radius 1 is 0.767 bits per heavy atom. The minimum Gasteiger partial charge on any atom is -0.478 e. The lowest BCUT2D eigenvalue weighted by atomic mass is 9.85. The number of aromatic carboxylic acids is 1. The fourth-order valence-corrected chi connectivity index (χ4v) is 4.89. The molecule has 7 nitrogen and oxygen atoms in total. The van der Waals surface area contributed by atoms with Gasteiger partial charge in [0, 0.05) is 18.3 Å². The molecule has 0 spiro atoms. The van der Waals surface area contributed by atoms with E-state index in [0.29, 0.717) is 16.7 Å². The van der Waals surface area contributed by atoms with E-state index in [1.54, 1.807) is 37.3 Å². The third-order valence-electron chi connectivity index (χ3n) is 6.93. The van der Waals surface area contributed by atoms with Crippen LogP contribution in [0.5, 0.6) is 11.5 Å². The second kappa shape index (κ2) is 12.4. The summed E-state index contributed by atoms with van der Waals surface area (Å²) in [6.45, 7) is 4.98. The number of anilines is 1. The van der Waals surface area contributed by atoms with Crippen molar-refractivity contribution in [1.82, 2.24) is 5.32 Å².